The Bertz CT molecular complexity index is 1150. The zero-order valence-electron chi connectivity index (χ0n) is 14.9. The first kappa shape index (κ1) is 18.9. The normalized spacial score (nSPS) is 15.6. The molecule has 29 heavy (non-hydrogen) atoms. The lowest BCUT2D eigenvalue weighted by Gasteiger charge is -2.29. The Morgan fingerprint density at radius 1 is 1.07 bits per heavy atom. The molecule has 0 radical (unpaired) electrons. The van der Waals surface area contributed by atoms with E-state index in [1.54, 1.807) is 48.9 Å². The van der Waals surface area contributed by atoms with Gasteiger partial charge in [-0.3, -0.25) is 29.8 Å². The quantitative estimate of drug-likeness (QED) is 0.398. The van der Waals surface area contributed by atoms with Gasteiger partial charge in [-0.25, -0.2) is 0 Å². The van der Waals surface area contributed by atoms with Crippen LogP contribution in [0.5, 0.6) is 0 Å². The van der Waals surface area contributed by atoms with Gasteiger partial charge in [0.25, 0.3) is 11.8 Å². The van der Waals surface area contributed by atoms with Crippen molar-refractivity contribution in [3.05, 3.63) is 83.3 Å². The lowest BCUT2D eigenvalue weighted by Crippen LogP contribution is -2.54. The van der Waals surface area contributed by atoms with Crippen molar-refractivity contribution in [1.82, 2.24) is 15.3 Å². The standard InChI is InChI=1S/C21H13ClN4O2S/c22-15-4-6-16(7-5-15)26-20(28)17(19(27)25-21(26)29)11-13-2-1-3-14(10-13)18-12-23-8-9-24-18/h1-12H,(H,25,27,29). The number of nitrogens with one attached hydrogen (secondary N) is 1. The number of hydrogen-bond acceptors (Lipinski definition) is 5. The van der Waals surface area contributed by atoms with E-state index >= 15 is 0 Å². The fourth-order valence-corrected chi connectivity index (χ4v) is 3.29. The summed E-state index contributed by atoms with van der Waals surface area (Å²) in [6, 6.07) is 14.0. The lowest BCUT2D eigenvalue weighted by molar-refractivity contribution is -0.122. The molecule has 1 aliphatic heterocycles. The van der Waals surface area contributed by atoms with Crippen LogP contribution >= 0.6 is 23.8 Å². The van der Waals surface area contributed by atoms with Gasteiger partial charge < -0.3 is 0 Å². The highest BCUT2D eigenvalue weighted by atomic mass is 35.5. The van der Waals surface area contributed by atoms with E-state index in [0.29, 0.717) is 22.0 Å². The van der Waals surface area contributed by atoms with Gasteiger partial charge in [-0.15, -0.1) is 0 Å². The van der Waals surface area contributed by atoms with Crippen molar-refractivity contribution in [2.45, 2.75) is 0 Å². The Hall–Kier alpha value is -3.42. The molecule has 3 aromatic rings. The van der Waals surface area contributed by atoms with Crippen LogP contribution in [-0.4, -0.2) is 26.9 Å². The number of nitrogens with zero attached hydrogens (tertiary/aromatic N) is 3. The predicted molar refractivity (Wildman–Crippen MR) is 115 cm³/mol. The average molecular weight is 421 g/mol. The number of rotatable bonds is 3. The van der Waals surface area contributed by atoms with Crippen LogP contribution in [0.15, 0.2) is 72.7 Å². The summed E-state index contributed by atoms with van der Waals surface area (Å²) < 4.78 is 0. The second-order valence-corrected chi connectivity index (χ2v) is 6.97. The Morgan fingerprint density at radius 3 is 2.59 bits per heavy atom. The molecule has 0 unspecified atom stereocenters. The molecule has 4 rings (SSSR count). The largest absolute Gasteiger partial charge is 0.298 e. The number of amides is 2. The minimum atomic E-state index is -0.546. The van der Waals surface area contributed by atoms with Crippen LogP contribution in [0.4, 0.5) is 5.69 Å². The summed E-state index contributed by atoms with van der Waals surface area (Å²) in [5.41, 5.74) is 2.68. The third kappa shape index (κ3) is 3.91. The number of aromatic nitrogens is 2. The number of thiocarbonyl (C=S) groups is 1. The maximum Gasteiger partial charge on any atom is 0.270 e. The Balaban J connectivity index is 1.71. The highest BCUT2D eigenvalue weighted by Crippen LogP contribution is 2.24. The van der Waals surface area contributed by atoms with Crippen LogP contribution in [0.25, 0.3) is 17.3 Å². The molecule has 2 aromatic carbocycles. The highest BCUT2D eigenvalue weighted by molar-refractivity contribution is 7.80. The molecular weight excluding hydrogens is 408 g/mol. The molecule has 2 amide bonds. The molecule has 142 valence electrons. The van der Waals surface area contributed by atoms with Gasteiger partial charge >= 0.3 is 0 Å². The van der Waals surface area contributed by atoms with E-state index in [9.17, 15) is 9.59 Å². The van der Waals surface area contributed by atoms with Crippen molar-refractivity contribution >= 4 is 52.5 Å². The molecule has 0 aliphatic carbocycles. The summed E-state index contributed by atoms with van der Waals surface area (Å²) >= 11 is 11.1. The van der Waals surface area contributed by atoms with Crippen molar-refractivity contribution in [3.63, 3.8) is 0 Å². The van der Waals surface area contributed by atoms with E-state index in [1.165, 1.54) is 11.0 Å². The number of carbonyl (C=O) groups excluding carboxylic acids is 2. The summed E-state index contributed by atoms with van der Waals surface area (Å²) in [4.78, 5) is 35.1. The van der Waals surface area contributed by atoms with E-state index in [2.05, 4.69) is 15.3 Å². The average Bonchev–Trinajstić information content (AvgIpc) is 2.73. The molecule has 0 spiro atoms. The molecule has 1 saturated heterocycles. The van der Waals surface area contributed by atoms with Gasteiger partial charge in [-0.2, -0.15) is 0 Å². The number of benzene rings is 2. The minimum absolute atomic E-state index is 0.0211. The molecule has 1 aliphatic rings. The summed E-state index contributed by atoms with van der Waals surface area (Å²) in [6.45, 7) is 0. The SMILES string of the molecule is O=C1NC(=S)N(c2ccc(Cl)cc2)C(=O)C1=Cc1cccc(-c2cnccn2)c1. The number of hydrogen-bond donors (Lipinski definition) is 1. The third-order valence-corrected chi connectivity index (χ3v) is 4.78. The Morgan fingerprint density at radius 2 is 1.86 bits per heavy atom. The summed E-state index contributed by atoms with van der Waals surface area (Å²) in [5.74, 6) is -1.05. The Kier molecular flexibility index (Phi) is 5.16. The van der Waals surface area contributed by atoms with E-state index < -0.39 is 11.8 Å². The molecule has 1 N–H and O–H groups in total. The molecule has 1 aromatic heterocycles. The fourth-order valence-electron chi connectivity index (χ4n) is 2.88. The van der Waals surface area contributed by atoms with E-state index in [0.717, 1.165) is 5.56 Å². The van der Waals surface area contributed by atoms with Crippen molar-refractivity contribution in [1.29, 1.82) is 0 Å². The predicted octanol–water partition coefficient (Wildman–Crippen LogP) is 3.63. The number of halogens is 1. The second kappa shape index (κ2) is 7.90. The van der Waals surface area contributed by atoms with Crippen LogP contribution in [0, 0.1) is 0 Å². The lowest BCUT2D eigenvalue weighted by atomic mass is 10.0. The Labute approximate surface area is 176 Å². The molecular formula is C21H13ClN4O2S. The van der Waals surface area contributed by atoms with Gasteiger partial charge in [0.2, 0.25) is 0 Å². The smallest absolute Gasteiger partial charge is 0.270 e. The van der Waals surface area contributed by atoms with Crippen LogP contribution < -0.4 is 10.2 Å². The molecule has 2 heterocycles. The zero-order valence-corrected chi connectivity index (χ0v) is 16.4. The highest BCUT2D eigenvalue weighted by Gasteiger charge is 2.34. The first-order chi connectivity index (χ1) is 14.0. The zero-order chi connectivity index (χ0) is 20.4. The number of anilines is 1. The third-order valence-electron chi connectivity index (χ3n) is 4.24. The van der Waals surface area contributed by atoms with E-state index in [-0.39, 0.29) is 10.7 Å². The van der Waals surface area contributed by atoms with Gasteiger partial charge in [0, 0.05) is 23.0 Å². The maximum atomic E-state index is 13.0. The summed E-state index contributed by atoms with van der Waals surface area (Å²) in [7, 11) is 0. The first-order valence-corrected chi connectivity index (χ1v) is 9.35. The molecule has 1 fully saturated rings. The first-order valence-electron chi connectivity index (χ1n) is 8.56. The van der Waals surface area contributed by atoms with Crippen LogP contribution in [0.1, 0.15) is 5.56 Å². The fraction of sp³-hybridized carbons (Fsp3) is 0. The van der Waals surface area contributed by atoms with Gasteiger partial charge in [0.15, 0.2) is 5.11 Å². The van der Waals surface area contributed by atoms with E-state index in [1.807, 2.05) is 18.2 Å². The van der Waals surface area contributed by atoms with Gasteiger partial charge in [-0.1, -0.05) is 29.8 Å². The second-order valence-electron chi connectivity index (χ2n) is 6.15. The number of carbonyl (C=O) groups is 2. The molecule has 0 bridgehead atoms. The molecule has 0 saturated carbocycles. The van der Waals surface area contributed by atoms with Crippen molar-refractivity contribution in [2.75, 3.05) is 4.90 Å². The van der Waals surface area contributed by atoms with Crippen LogP contribution in [0.2, 0.25) is 5.02 Å². The summed E-state index contributed by atoms with van der Waals surface area (Å²) in [6.07, 6.45) is 6.37. The van der Waals surface area contributed by atoms with E-state index in [4.69, 9.17) is 23.8 Å². The van der Waals surface area contributed by atoms with Gasteiger partial charge in [0.05, 0.1) is 17.6 Å². The molecule has 0 atom stereocenters. The summed E-state index contributed by atoms with van der Waals surface area (Å²) in [5, 5.41) is 3.12. The minimum Gasteiger partial charge on any atom is -0.298 e. The van der Waals surface area contributed by atoms with Crippen LogP contribution in [0.3, 0.4) is 0 Å². The van der Waals surface area contributed by atoms with Crippen LogP contribution in [-0.2, 0) is 9.59 Å². The maximum absolute atomic E-state index is 13.0. The molecule has 6 nitrogen and oxygen atoms in total. The van der Waals surface area contributed by atoms with Gasteiger partial charge in [-0.05, 0) is 54.2 Å². The molecule has 8 heteroatoms. The van der Waals surface area contributed by atoms with Gasteiger partial charge in [0.1, 0.15) is 5.57 Å². The van der Waals surface area contributed by atoms with Crippen molar-refractivity contribution in [2.24, 2.45) is 0 Å². The van der Waals surface area contributed by atoms with Crippen molar-refractivity contribution in [3.8, 4) is 11.3 Å². The topological polar surface area (TPSA) is 75.2 Å². The van der Waals surface area contributed by atoms with Crippen molar-refractivity contribution < 1.29 is 9.59 Å². The monoisotopic (exact) mass is 420 g/mol.